The number of Topliss-reactive ketones (excluding diaryl/α,β-unsaturated/α-hetero) is 1. The summed E-state index contributed by atoms with van der Waals surface area (Å²) in [7, 11) is 0. The number of ketones is 1. The monoisotopic (exact) mass is 377 g/mol. The second-order valence-corrected chi connectivity index (χ2v) is 7.08. The van der Waals surface area contributed by atoms with Crippen LogP contribution in [0.3, 0.4) is 0 Å². The average Bonchev–Trinajstić information content (AvgIpc) is 3.26. The summed E-state index contributed by atoms with van der Waals surface area (Å²) in [5.74, 6) is -2.16. The van der Waals surface area contributed by atoms with Gasteiger partial charge in [0, 0.05) is 5.56 Å². The van der Waals surface area contributed by atoms with Crippen molar-refractivity contribution in [2.24, 2.45) is 0 Å². The van der Waals surface area contributed by atoms with E-state index < -0.39 is 30.4 Å². The summed E-state index contributed by atoms with van der Waals surface area (Å²) < 4.78 is 5.21. The maximum Gasteiger partial charge on any atom is 0.326 e. The molecule has 28 heavy (non-hydrogen) atoms. The van der Waals surface area contributed by atoms with Crippen molar-refractivity contribution in [1.82, 2.24) is 4.90 Å². The Labute approximate surface area is 162 Å². The Balaban J connectivity index is 1.41. The van der Waals surface area contributed by atoms with Gasteiger partial charge in [0.1, 0.15) is 6.54 Å². The molecule has 0 N–H and O–H groups in total. The van der Waals surface area contributed by atoms with Crippen molar-refractivity contribution in [2.75, 3.05) is 6.54 Å². The molecule has 142 valence electrons. The van der Waals surface area contributed by atoms with E-state index in [1.807, 2.05) is 12.1 Å². The van der Waals surface area contributed by atoms with Crippen LogP contribution in [0.25, 0.3) is 0 Å². The van der Waals surface area contributed by atoms with Gasteiger partial charge >= 0.3 is 5.97 Å². The topological polar surface area (TPSA) is 80.8 Å². The van der Waals surface area contributed by atoms with E-state index in [0.29, 0.717) is 5.56 Å². The molecule has 2 amide bonds. The quantitative estimate of drug-likeness (QED) is 0.455. The fourth-order valence-electron chi connectivity index (χ4n) is 3.76. The third-order valence-electron chi connectivity index (χ3n) is 5.23. The number of rotatable bonds is 5. The molecule has 1 atom stereocenters. The Kier molecular flexibility index (Phi) is 4.55. The number of aryl methyl sites for hydroxylation is 2. The molecule has 6 heteroatoms. The lowest BCUT2D eigenvalue weighted by Gasteiger charge is -2.16. The number of carbonyl (C=O) groups excluding carboxylic acids is 4. The van der Waals surface area contributed by atoms with Gasteiger partial charge in [-0.1, -0.05) is 24.3 Å². The zero-order valence-electron chi connectivity index (χ0n) is 15.4. The van der Waals surface area contributed by atoms with Gasteiger partial charge in [-0.05, 0) is 55.5 Å². The van der Waals surface area contributed by atoms with Gasteiger partial charge in [0.15, 0.2) is 6.10 Å². The molecular formula is C22H19NO5. The van der Waals surface area contributed by atoms with E-state index in [9.17, 15) is 19.2 Å². The number of amides is 2. The van der Waals surface area contributed by atoms with Crippen LogP contribution in [-0.4, -0.2) is 41.1 Å². The molecule has 4 rings (SSSR count). The predicted molar refractivity (Wildman–Crippen MR) is 100 cm³/mol. The standard InChI is InChI=1S/C22H19NO5/c1-13(20(25)16-10-9-14-5-4-6-15(14)11-16)28-19(24)12-23-21(26)17-7-2-3-8-18(17)22(23)27/h2-3,7-11,13H,4-6,12H2,1H3. The second-order valence-electron chi connectivity index (χ2n) is 7.08. The number of hydrogen-bond donors (Lipinski definition) is 0. The minimum atomic E-state index is -0.998. The Bertz CT molecular complexity index is 975. The third kappa shape index (κ3) is 3.11. The summed E-state index contributed by atoms with van der Waals surface area (Å²) in [5, 5.41) is 0. The predicted octanol–water partition coefficient (Wildman–Crippen LogP) is 2.59. The molecule has 0 bridgehead atoms. The molecule has 1 heterocycles. The van der Waals surface area contributed by atoms with Gasteiger partial charge in [-0.25, -0.2) is 0 Å². The Hall–Kier alpha value is -3.28. The zero-order valence-corrected chi connectivity index (χ0v) is 15.4. The van der Waals surface area contributed by atoms with Crippen LogP contribution in [0.1, 0.15) is 55.5 Å². The van der Waals surface area contributed by atoms with Gasteiger partial charge in [0.25, 0.3) is 11.8 Å². The van der Waals surface area contributed by atoms with Crippen LogP contribution in [0.5, 0.6) is 0 Å². The summed E-state index contributed by atoms with van der Waals surface area (Å²) in [6.07, 6.45) is 2.05. The maximum atomic E-state index is 12.6. The van der Waals surface area contributed by atoms with Crippen LogP contribution in [0, 0.1) is 0 Å². The number of ether oxygens (including phenoxy) is 1. The summed E-state index contributed by atoms with van der Waals surface area (Å²) in [4.78, 5) is 50.3. The highest BCUT2D eigenvalue weighted by molar-refractivity contribution is 6.22. The highest BCUT2D eigenvalue weighted by atomic mass is 16.5. The Morgan fingerprint density at radius 3 is 2.32 bits per heavy atom. The zero-order chi connectivity index (χ0) is 19.8. The van der Waals surface area contributed by atoms with Crippen molar-refractivity contribution in [2.45, 2.75) is 32.3 Å². The maximum absolute atomic E-state index is 12.6. The van der Waals surface area contributed by atoms with Gasteiger partial charge in [-0.3, -0.25) is 24.1 Å². The largest absolute Gasteiger partial charge is 0.453 e. The van der Waals surface area contributed by atoms with Crippen LogP contribution >= 0.6 is 0 Å². The van der Waals surface area contributed by atoms with E-state index >= 15 is 0 Å². The molecule has 1 aliphatic heterocycles. The van der Waals surface area contributed by atoms with Crippen molar-refractivity contribution in [1.29, 1.82) is 0 Å². The van der Waals surface area contributed by atoms with Crippen LogP contribution in [0.2, 0.25) is 0 Å². The fourth-order valence-corrected chi connectivity index (χ4v) is 3.76. The summed E-state index contributed by atoms with van der Waals surface area (Å²) in [5.41, 5.74) is 3.45. The molecule has 1 unspecified atom stereocenters. The van der Waals surface area contributed by atoms with Crippen molar-refractivity contribution in [3.8, 4) is 0 Å². The van der Waals surface area contributed by atoms with E-state index in [2.05, 4.69) is 0 Å². The first-order valence-electron chi connectivity index (χ1n) is 9.26. The number of fused-ring (bicyclic) bond motifs is 2. The molecule has 0 fully saturated rings. The van der Waals surface area contributed by atoms with E-state index in [1.165, 1.54) is 12.5 Å². The molecule has 0 saturated heterocycles. The number of benzene rings is 2. The van der Waals surface area contributed by atoms with Crippen molar-refractivity contribution < 1.29 is 23.9 Å². The smallest absolute Gasteiger partial charge is 0.326 e. The van der Waals surface area contributed by atoms with Crippen LogP contribution in [-0.2, 0) is 22.4 Å². The molecule has 0 saturated carbocycles. The Morgan fingerprint density at radius 1 is 1.00 bits per heavy atom. The van der Waals surface area contributed by atoms with E-state index in [-0.39, 0.29) is 16.9 Å². The fraction of sp³-hybridized carbons (Fsp3) is 0.273. The van der Waals surface area contributed by atoms with Crippen molar-refractivity contribution in [3.05, 3.63) is 70.3 Å². The van der Waals surface area contributed by atoms with E-state index in [4.69, 9.17) is 4.74 Å². The van der Waals surface area contributed by atoms with Gasteiger partial charge in [0.05, 0.1) is 11.1 Å². The minimum absolute atomic E-state index is 0.266. The molecule has 0 radical (unpaired) electrons. The molecular weight excluding hydrogens is 358 g/mol. The lowest BCUT2D eigenvalue weighted by atomic mass is 10.0. The summed E-state index contributed by atoms with van der Waals surface area (Å²) >= 11 is 0. The molecule has 0 spiro atoms. The van der Waals surface area contributed by atoms with Crippen LogP contribution < -0.4 is 0 Å². The molecule has 1 aliphatic carbocycles. The first kappa shape index (κ1) is 18.1. The summed E-state index contributed by atoms with van der Waals surface area (Å²) in [6, 6.07) is 12.0. The summed E-state index contributed by atoms with van der Waals surface area (Å²) in [6.45, 7) is 0.976. The van der Waals surface area contributed by atoms with Crippen LogP contribution in [0.15, 0.2) is 42.5 Å². The highest BCUT2D eigenvalue weighted by Gasteiger charge is 2.37. The number of esters is 1. The first-order chi connectivity index (χ1) is 13.5. The second kappa shape index (κ2) is 7.03. The van der Waals surface area contributed by atoms with Gasteiger partial charge in [0.2, 0.25) is 5.78 Å². The average molecular weight is 377 g/mol. The third-order valence-corrected chi connectivity index (χ3v) is 5.23. The van der Waals surface area contributed by atoms with Crippen molar-refractivity contribution in [3.63, 3.8) is 0 Å². The lowest BCUT2D eigenvalue weighted by Crippen LogP contribution is -2.37. The number of carbonyl (C=O) groups is 4. The van der Waals surface area contributed by atoms with E-state index in [1.54, 1.807) is 30.3 Å². The number of imide groups is 1. The number of nitrogens with zero attached hydrogens (tertiary/aromatic N) is 1. The van der Waals surface area contributed by atoms with E-state index in [0.717, 1.165) is 29.7 Å². The highest BCUT2D eigenvalue weighted by Crippen LogP contribution is 2.24. The number of hydrogen-bond acceptors (Lipinski definition) is 5. The van der Waals surface area contributed by atoms with Crippen LogP contribution in [0.4, 0.5) is 0 Å². The molecule has 2 aliphatic rings. The lowest BCUT2D eigenvalue weighted by molar-refractivity contribution is -0.146. The van der Waals surface area contributed by atoms with Crippen molar-refractivity contribution >= 4 is 23.6 Å². The van der Waals surface area contributed by atoms with Gasteiger partial charge in [-0.2, -0.15) is 0 Å². The minimum Gasteiger partial charge on any atom is -0.453 e. The molecule has 2 aromatic rings. The first-order valence-corrected chi connectivity index (χ1v) is 9.26. The normalized spacial score (nSPS) is 16.0. The molecule has 6 nitrogen and oxygen atoms in total. The molecule has 0 aromatic heterocycles. The Morgan fingerprint density at radius 2 is 1.64 bits per heavy atom. The van der Waals surface area contributed by atoms with Gasteiger partial charge in [-0.15, -0.1) is 0 Å². The van der Waals surface area contributed by atoms with Gasteiger partial charge < -0.3 is 4.74 Å². The molecule has 2 aromatic carbocycles. The SMILES string of the molecule is CC(OC(=O)CN1C(=O)c2ccccc2C1=O)C(=O)c1ccc2c(c1)CCC2.